The number of carbonyl (C=O) groups excluding carboxylic acids is 3. The lowest BCUT2D eigenvalue weighted by atomic mass is 10.0. The lowest BCUT2D eigenvalue weighted by Crippen LogP contribution is -2.43. The number of amides is 3. The second-order valence-corrected chi connectivity index (χ2v) is 6.92. The van der Waals surface area contributed by atoms with Crippen LogP contribution in [0.15, 0.2) is 48.5 Å². The summed E-state index contributed by atoms with van der Waals surface area (Å²) in [5.74, 6) is -1.30. The van der Waals surface area contributed by atoms with E-state index in [1.165, 1.54) is 0 Å². The number of unbranched alkanes of at least 4 members (excludes halogenated alkanes) is 2. The fourth-order valence-electron chi connectivity index (χ4n) is 2.99. The van der Waals surface area contributed by atoms with Crippen LogP contribution in [0, 0.1) is 5.92 Å². The number of hydroxylamine groups is 2. The average molecular weight is 412 g/mol. The van der Waals surface area contributed by atoms with Gasteiger partial charge in [-0.25, -0.2) is 10.0 Å². The van der Waals surface area contributed by atoms with Gasteiger partial charge in [0.15, 0.2) is 0 Å². The van der Waals surface area contributed by atoms with Crippen LogP contribution in [0.3, 0.4) is 0 Å². The Morgan fingerprint density at radius 1 is 1.10 bits per heavy atom. The number of hydrogen-bond donors (Lipinski definition) is 3. The fourth-order valence-corrected chi connectivity index (χ4v) is 2.99. The summed E-state index contributed by atoms with van der Waals surface area (Å²) in [6, 6.07) is 14.7. The number of nitrogens with one attached hydrogen (secondary N) is 2. The van der Waals surface area contributed by atoms with Crippen LogP contribution in [0.1, 0.15) is 43.1 Å². The van der Waals surface area contributed by atoms with Crippen molar-refractivity contribution in [2.75, 3.05) is 13.2 Å². The molecule has 3 N–H and O–H groups in total. The highest BCUT2D eigenvalue weighted by Gasteiger charge is 2.20. The summed E-state index contributed by atoms with van der Waals surface area (Å²) in [5, 5.41) is 15.1. The number of nitrogens with zero attached hydrogens (tertiary/aromatic N) is 2. The number of pyridine rings is 1. The minimum Gasteiger partial charge on any atom is -0.338 e. The first-order valence-corrected chi connectivity index (χ1v) is 10.0. The molecule has 0 saturated carbocycles. The monoisotopic (exact) mass is 412 g/mol. The topological polar surface area (TPSA) is 112 Å². The highest BCUT2D eigenvalue weighted by molar-refractivity contribution is 5.93. The van der Waals surface area contributed by atoms with E-state index in [1.807, 2.05) is 36.4 Å². The number of benzene rings is 1. The molecule has 0 bridgehead atoms. The van der Waals surface area contributed by atoms with Crippen molar-refractivity contribution in [3.63, 3.8) is 0 Å². The van der Waals surface area contributed by atoms with Crippen LogP contribution < -0.4 is 10.6 Å². The molecule has 8 nitrogen and oxygen atoms in total. The molecule has 0 radical (unpaired) electrons. The van der Waals surface area contributed by atoms with Gasteiger partial charge < -0.3 is 10.6 Å². The molecule has 1 atom stereocenters. The van der Waals surface area contributed by atoms with Crippen molar-refractivity contribution in [2.24, 2.45) is 5.92 Å². The largest absolute Gasteiger partial charge is 0.338 e. The maximum atomic E-state index is 12.4. The van der Waals surface area contributed by atoms with Crippen LogP contribution in [-0.4, -0.2) is 46.7 Å². The van der Waals surface area contributed by atoms with Crippen LogP contribution in [0.4, 0.5) is 0 Å². The maximum absolute atomic E-state index is 12.4. The van der Waals surface area contributed by atoms with E-state index >= 15 is 0 Å². The van der Waals surface area contributed by atoms with Crippen LogP contribution in [0.5, 0.6) is 0 Å². The number of carbonyl (C=O) groups is 3. The SMILES string of the molecule is CCCCC[C@H](CN(O)C=O)C(=O)NCNC(=O)c1cccc(-c2ccccc2)n1. The summed E-state index contributed by atoms with van der Waals surface area (Å²) in [4.78, 5) is 39.8. The average Bonchev–Trinajstić information content (AvgIpc) is 2.78. The molecular weight excluding hydrogens is 384 g/mol. The molecule has 0 fully saturated rings. The predicted octanol–water partition coefficient (Wildman–Crippen LogP) is 2.60. The van der Waals surface area contributed by atoms with Gasteiger partial charge in [0.1, 0.15) is 5.69 Å². The number of hydrogen-bond acceptors (Lipinski definition) is 5. The van der Waals surface area contributed by atoms with Crippen molar-refractivity contribution in [3.05, 3.63) is 54.2 Å². The van der Waals surface area contributed by atoms with Gasteiger partial charge in [-0.2, -0.15) is 0 Å². The quantitative estimate of drug-likeness (QED) is 0.163. The third-order valence-corrected chi connectivity index (χ3v) is 4.62. The summed E-state index contributed by atoms with van der Waals surface area (Å²) < 4.78 is 0. The first-order chi connectivity index (χ1) is 14.5. The molecule has 1 heterocycles. The molecule has 0 spiro atoms. The van der Waals surface area contributed by atoms with E-state index in [0.717, 1.165) is 24.8 Å². The van der Waals surface area contributed by atoms with E-state index in [-0.39, 0.29) is 31.2 Å². The summed E-state index contributed by atoms with van der Waals surface area (Å²) in [5.41, 5.74) is 1.83. The van der Waals surface area contributed by atoms with Gasteiger partial charge in [0.25, 0.3) is 5.91 Å². The summed E-state index contributed by atoms with van der Waals surface area (Å²) in [6.45, 7) is 1.88. The minimum absolute atomic E-state index is 0.0777. The van der Waals surface area contributed by atoms with Gasteiger partial charge in [0.2, 0.25) is 12.3 Å². The molecule has 30 heavy (non-hydrogen) atoms. The molecule has 2 aromatic rings. The van der Waals surface area contributed by atoms with Crippen LogP contribution >= 0.6 is 0 Å². The molecule has 0 aliphatic carbocycles. The Hall–Kier alpha value is -3.26. The standard InChI is InChI=1S/C22H28N4O4/c1-2-3-5-11-18(14-26(30)16-27)21(28)23-15-24-22(29)20-13-8-12-19(25-20)17-9-6-4-7-10-17/h4,6-10,12-13,16,18,30H,2-3,5,11,14-15H2,1H3,(H,23,28)(H,24,29)/t18-/m1/s1. The Bertz CT molecular complexity index is 829. The Labute approximate surface area is 176 Å². The lowest BCUT2D eigenvalue weighted by molar-refractivity contribution is -0.154. The highest BCUT2D eigenvalue weighted by Crippen LogP contribution is 2.16. The molecule has 160 valence electrons. The van der Waals surface area contributed by atoms with Crippen molar-refractivity contribution in [2.45, 2.75) is 32.6 Å². The van der Waals surface area contributed by atoms with Gasteiger partial charge in [-0.15, -0.1) is 0 Å². The van der Waals surface area contributed by atoms with Gasteiger partial charge >= 0.3 is 0 Å². The van der Waals surface area contributed by atoms with Crippen molar-refractivity contribution in [1.82, 2.24) is 20.7 Å². The zero-order valence-corrected chi connectivity index (χ0v) is 17.1. The fraction of sp³-hybridized carbons (Fsp3) is 0.364. The molecule has 3 amide bonds. The summed E-state index contributed by atoms with van der Waals surface area (Å²) in [6.07, 6.45) is 3.57. The number of aromatic nitrogens is 1. The third-order valence-electron chi connectivity index (χ3n) is 4.62. The highest BCUT2D eigenvalue weighted by atomic mass is 16.5. The van der Waals surface area contributed by atoms with Gasteiger partial charge in [-0.1, -0.05) is 62.6 Å². The first kappa shape index (κ1) is 23.0. The number of rotatable bonds is 12. The molecule has 0 unspecified atom stereocenters. The molecule has 0 saturated heterocycles. The zero-order valence-electron chi connectivity index (χ0n) is 17.1. The van der Waals surface area contributed by atoms with E-state index in [9.17, 15) is 19.6 Å². The van der Waals surface area contributed by atoms with E-state index in [0.29, 0.717) is 17.2 Å². The Kier molecular flexibility index (Phi) is 9.47. The molecule has 1 aromatic heterocycles. The van der Waals surface area contributed by atoms with E-state index < -0.39 is 11.8 Å². The summed E-state index contributed by atoms with van der Waals surface area (Å²) >= 11 is 0. The van der Waals surface area contributed by atoms with Crippen molar-refractivity contribution in [3.8, 4) is 11.3 Å². The van der Waals surface area contributed by atoms with Gasteiger partial charge in [0, 0.05) is 5.56 Å². The Morgan fingerprint density at radius 3 is 2.57 bits per heavy atom. The van der Waals surface area contributed by atoms with E-state index in [1.54, 1.807) is 12.1 Å². The molecule has 8 heteroatoms. The predicted molar refractivity (Wildman–Crippen MR) is 112 cm³/mol. The smallest absolute Gasteiger partial charge is 0.271 e. The van der Waals surface area contributed by atoms with E-state index in [4.69, 9.17) is 0 Å². The molecule has 0 aliphatic heterocycles. The molecular formula is C22H28N4O4. The van der Waals surface area contributed by atoms with Gasteiger partial charge in [-0.05, 0) is 18.6 Å². The van der Waals surface area contributed by atoms with Crippen LogP contribution in [-0.2, 0) is 9.59 Å². The second-order valence-electron chi connectivity index (χ2n) is 6.92. The summed E-state index contributed by atoms with van der Waals surface area (Å²) in [7, 11) is 0. The Balaban J connectivity index is 1.90. The van der Waals surface area contributed by atoms with Crippen LogP contribution in [0.25, 0.3) is 11.3 Å². The first-order valence-electron chi connectivity index (χ1n) is 10.0. The van der Waals surface area contributed by atoms with E-state index in [2.05, 4.69) is 22.5 Å². The van der Waals surface area contributed by atoms with Crippen LogP contribution in [0.2, 0.25) is 0 Å². The van der Waals surface area contributed by atoms with Gasteiger partial charge in [0.05, 0.1) is 24.8 Å². The normalized spacial score (nSPS) is 11.4. The molecule has 1 aromatic carbocycles. The molecule has 2 rings (SSSR count). The second kappa shape index (κ2) is 12.3. The lowest BCUT2D eigenvalue weighted by Gasteiger charge is -2.19. The van der Waals surface area contributed by atoms with Crippen molar-refractivity contribution < 1.29 is 19.6 Å². The van der Waals surface area contributed by atoms with Crippen molar-refractivity contribution in [1.29, 1.82) is 0 Å². The maximum Gasteiger partial charge on any atom is 0.271 e. The van der Waals surface area contributed by atoms with Gasteiger partial charge in [-0.3, -0.25) is 19.6 Å². The third kappa shape index (κ3) is 7.29. The minimum atomic E-state index is -0.553. The molecule has 0 aliphatic rings. The Morgan fingerprint density at radius 2 is 1.87 bits per heavy atom. The van der Waals surface area contributed by atoms with Crippen molar-refractivity contribution >= 4 is 18.2 Å². The zero-order chi connectivity index (χ0) is 21.8.